The van der Waals surface area contributed by atoms with Crippen LogP contribution in [0.4, 0.5) is 0 Å². The fourth-order valence-electron chi connectivity index (χ4n) is 0.756. The highest BCUT2D eigenvalue weighted by Gasteiger charge is 2.07. The number of primary amides is 1. The largest absolute Gasteiger partial charge is 0.369 e. The molecule has 0 saturated carbocycles. The van der Waals surface area contributed by atoms with Gasteiger partial charge in [0.25, 0.3) is 0 Å². The highest BCUT2D eigenvalue weighted by molar-refractivity contribution is 5.95. The molecule has 5 heteroatoms. The van der Waals surface area contributed by atoms with E-state index < -0.39 is 5.91 Å². The van der Waals surface area contributed by atoms with E-state index in [9.17, 15) is 9.59 Å². The minimum absolute atomic E-state index is 0.253. The Bertz CT molecular complexity index is 166. The molecule has 0 saturated heterocycles. The van der Waals surface area contributed by atoms with Gasteiger partial charge in [-0.2, -0.15) is 0 Å². The van der Waals surface area contributed by atoms with Gasteiger partial charge in [0.2, 0.25) is 11.8 Å². The van der Waals surface area contributed by atoms with Crippen molar-refractivity contribution in [2.75, 3.05) is 13.1 Å². The van der Waals surface area contributed by atoms with Crippen LogP contribution in [0.2, 0.25) is 0 Å². The number of amides is 2. The Morgan fingerprint density at radius 3 is 2.17 bits per heavy atom. The monoisotopic (exact) mass is 173 g/mol. The lowest BCUT2D eigenvalue weighted by Gasteiger charge is -2.18. The van der Waals surface area contributed by atoms with Gasteiger partial charge in [-0.15, -0.1) is 0 Å². The smallest absolute Gasteiger partial charge is 0.243 e. The Labute approximate surface area is 71.9 Å². The lowest BCUT2D eigenvalue weighted by molar-refractivity contribution is -0.130. The number of nitrogens with two attached hydrogens (primary N) is 1. The fraction of sp³-hybridized carbons (Fsp3) is 0.714. The molecule has 3 N–H and O–H groups in total. The summed E-state index contributed by atoms with van der Waals surface area (Å²) in [7, 11) is 0. The van der Waals surface area contributed by atoms with Crippen LogP contribution in [0, 0.1) is 0 Å². The number of hydrazine groups is 1. The first-order valence-corrected chi connectivity index (χ1v) is 3.92. The van der Waals surface area contributed by atoms with Gasteiger partial charge in [0.15, 0.2) is 0 Å². The van der Waals surface area contributed by atoms with Crippen LogP contribution in [0.3, 0.4) is 0 Å². The van der Waals surface area contributed by atoms with Crippen LogP contribution >= 0.6 is 0 Å². The van der Waals surface area contributed by atoms with E-state index in [1.807, 2.05) is 13.8 Å². The third-order valence-corrected chi connectivity index (χ3v) is 1.38. The molecule has 12 heavy (non-hydrogen) atoms. The average molecular weight is 173 g/mol. The molecule has 0 bridgehead atoms. The van der Waals surface area contributed by atoms with Gasteiger partial charge in [0.1, 0.15) is 6.42 Å². The summed E-state index contributed by atoms with van der Waals surface area (Å²) >= 11 is 0. The first-order valence-electron chi connectivity index (χ1n) is 3.92. The van der Waals surface area contributed by atoms with Crippen molar-refractivity contribution in [2.45, 2.75) is 20.3 Å². The molecular formula is C7H15N3O2. The molecule has 0 aliphatic rings. The van der Waals surface area contributed by atoms with Crippen molar-refractivity contribution in [1.82, 2.24) is 10.4 Å². The van der Waals surface area contributed by atoms with Crippen molar-refractivity contribution in [2.24, 2.45) is 5.73 Å². The lowest BCUT2D eigenvalue weighted by Crippen LogP contribution is -2.43. The van der Waals surface area contributed by atoms with Crippen molar-refractivity contribution in [1.29, 1.82) is 0 Å². The summed E-state index contributed by atoms with van der Waals surface area (Å²) in [6.07, 6.45) is -0.253. The maximum absolute atomic E-state index is 10.9. The van der Waals surface area contributed by atoms with E-state index in [0.29, 0.717) is 13.1 Å². The fourth-order valence-corrected chi connectivity index (χ4v) is 0.756. The first-order chi connectivity index (χ1) is 5.60. The number of carbonyl (C=O) groups excluding carboxylic acids is 2. The van der Waals surface area contributed by atoms with Gasteiger partial charge in [0, 0.05) is 13.1 Å². The number of nitrogens with one attached hydrogen (secondary N) is 1. The van der Waals surface area contributed by atoms with Gasteiger partial charge < -0.3 is 5.73 Å². The molecule has 0 aromatic carbocycles. The number of carbonyl (C=O) groups is 2. The van der Waals surface area contributed by atoms with Gasteiger partial charge in [-0.3, -0.25) is 15.0 Å². The summed E-state index contributed by atoms with van der Waals surface area (Å²) in [6.45, 7) is 5.24. The van der Waals surface area contributed by atoms with Crippen LogP contribution in [0.25, 0.3) is 0 Å². The van der Waals surface area contributed by atoms with E-state index in [0.717, 1.165) is 0 Å². The van der Waals surface area contributed by atoms with Gasteiger partial charge in [0.05, 0.1) is 0 Å². The second kappa shape index (κ2) is 5.54. The zero-order valence-electron chi connectivity index (χ0n) is 7.46. The SMILES string of the molecule is CCN(CC)NC(=O)CC(N)=O. The molecule has 0 radical (unpaired) electrons. The molecule has 0 spiro atoms. The molecule has 0 rings (SSSR count). The minimum Gasteiger partial charge on any atom is -0.369 e. The Kier molecular flexibility index (Phi) is 5.03. The van der Waals surface area contributed by atoms with Crippen LogP contribution in [-0.2, 0) is 9.59 Å². The molecule has 0 aliphatic carbocycles. The molecule has 0 aromatic heterocycles. The summed E-state index contributed by atoms with van der Waals surface area (Å²) in [5, 5.41) is 1.70. The van der Waals surface area contributed by atoms with E-state index in [1.165, 1.54) is 0 Å². The van der Waals surface area contributed by atoms with Crippen molar-refractivity contribution in [3.8, 4) is 0 Å². The molecule has 0 aromatic rings. The molecule has 2 amide bonds. The Balaban J connectivity index is 3.74. The predicted octanol–water partition coefficient (Wildman–Crippen LogP) is -0.765. The van der Waals surface area contributed by atoms with Crippen molar-refractivity contribution in [3.05, 3.63) is 0 Å². The second-order valence-corrected chi connectivity index (χ2v) is 2.35. The second-order valence-electron chi connectivity index (χ2n) is 2.35. The topological polar surface area (TPSA) is 75.4 Å². The molecule has 70 valence electrons. The maximum atomic E-state index is 10.9. The zero-order chi connectivity index (χ0) is 9.56. The maximum Gasteiger partial charge on any atom is 0.243 e. The highest BCUT2D eigenvalue weighted by atomic mass is 16.2. The van der Waals surface area contributed by atoms with E-state index in [2.05, 4.69) is 5.43 Å². The van der Waals surface area contributed by atoms with Gasteiger partial charge >= 0.3 is 0 Å². The van der Waals surface area contributed by atoms with E-state index in [-0.39, 0.29) is 12.3 Å². The van der Waals surface area contributed by atoms with Crippen LogP contribution in [0.5, 0.6) is 0 Å². The molecular weight excluding hydrogens is 158 g/mol. The summed E-state index contributed by atoms with van der Waals surface area (Å²) in [6, 6.07) is 0. The number of hydrogen-bond donors (Lipinski definition) is 2. The molecule has 5 nitrogen and oxygen atoms in total. The average Bonchev–Trinajstić information content (AvgIpc) is 1.98. The zero-order valence-corrected chi connectivity index (χ0v) is 7.46. The summed E-state index contributed by atoms with van der Waals surface area (Å²) < 4.78 is 0. The number of hydrogen-bond acceptors (Lipinski definition) is 3. The third kappa shape index (κ3) is 4.68. The quantitative estimate of drug-likeness (QED) is 0.423. The Hall–Kier alpha value is -1.10. The van der Waals surface area contributed by atoms with Crippen LogP contribution in [0.15, 0.2) is 0 Å². The van der Waals surface area contributed by atoms with E-state index >= 15 is 0 Å². The van der Waals surface area contributed by atoms with Gasteiger partial charge in [-0.1, -0.05) is 13.8 Å². The number of rotatable bonds is 5. The van der Waals surface area contributed by atoms with Crippen LogP contribution in [-0.4, -0.2) is 29.9 Å². The first kappa shape index (κ1) is 10.9. The van der Waals surface area contributed by atoms with Crippen LogP contribution < -0.4 is 11.2 Å². The standard InChI is InChI=1S/C7H15N3O2/c1-3-10(4-2)9-7(12)5-6(8)11/h3-5H2,1-2H3,(H2,8,11)(H,9,12). The molecule has 0 atom stereocenters. The minimum atomic E-state index is -0.611. The van der Waals surface area contributed by atoms with Gasteiger partial charge in [-0.25, -0.2) is 5.01 Å². The molecule has 0 fully saturated rings. The van der Waals surface area contributed by atoms with Crippen molar-refractivity contribution < 1.29 is 9.59 Å². The Morgan fingerprint density at radius 1 is 1.33 bits per heavy atom. The van der Waals surface area contributed by atoms with Crippen molar-refractivity contribution in [3.63, 3.8) is 0 Å². The Morgan fingerprint density at radius 2 is 1.83 bits per heavy atom. The number of nitrogens with zero attached hydrogens (tertiary/aromatic N) is 1. The van der Waals surface area contributed by atoms with Gasteiger partial charge in [-0.05, 0) is 0 Å². The highest BCUT2D eigenvalue weighted by Crippen LogP contribution is 1.83. The predicted molar refractivity (Wildman–Crippen MR) is 44.9 cm³/mol. The summed E-state index contributed by atoms with van der Waals surface area (Å²) in [4.78, 5) is 21.2. The molecule has 0 heterocycles. The third-order valence-electron chi connectivity index (χ3n) is 1.38. The van der Waals surface area contributed by atoms with Crippen molar-refractivity contribution >= 4 is 11.8 Å². The summed E-state index contributed by atoms with van der Waals surface area (Å²) in [5.41, 5.74) is 7.37. The normalized spacial score (nSPS) is 9.92. The summed E-state index contributed by atoms with van der Waals surface area (Å²) in [5.74, 6) is -0.967. The van der Waals surface area contributed by atoms with E-state index in [4.69, 9.17) is 5.73 Å². The van der Waals surface area contributed by atoms with Crippen LogP contribution in [0.1, 0.15) is 20.3 Å². The molecule has 0 unspecified atom stereocenters. The molecule has 0 aliphatic heterocycles. The lowest BCUT2D eigenvalue weighted by atomic mass is 10.4. The van der Waals surface area contributed by atoms with E-state index in [1.54, 1.807) is 5.01 Å².